The topological polar surface area (TPSA) is 60.1 Å². The van der Waals surface area contributed by atoms with E-state index in [0.29, 0.717) is 21.0 Å². The summed E-state index contributed by atoms with van der Waals surface area (Å²) >= 11 is 5.64. The van der Waals surface area contributed by atoms with Crippen LogP contribution in [0, 0.1) is 6.92 Å². The molecule has 84 valence electrons. The molecule has 16 heavy (non-hydrogen) atoms. The van der Waals surface area contributed by atoms with Crippen molar-refractivity contribution in [3.63, 3.8) is 0 Å². The molecule has 0 atom stereocenters. The summed E-state index contributed by atoms with van der Waals surface area (Å²) in [7, 11) is 1.80. The molecule has 1 N–H and O–H groups in total. The van der Waals surface area contributed by atoms with Gasteiger partial charge in [-0.05, 0) is 12.5 Å². The first-order chi connectivity index (χ1) is 7.52. The molecule has 0 amide bonds. The summed E-state index contributed by atoms with van der Waals surface area (Å²) in [6.45, 7) is 1.72. The molecule has 2 rings (SSSR count). The van der Waals surface area contributed by atoms with Crippen LogP contribution in [0.5, 0.6) is 5.88 Å². The van der Waals surface area contributed by atoms with Crippen LogP contribution in [-0.2, 0) is 7.05 Å². The van der Waals surface area contributed by atoms with Crippen LogP contribution < -0.4 is 5.56 Å². The molecule has 0 radical (unpaired) electrons. The molecule has 0 saturated heterocycles. The number of aryl methyl sites for hydroxylation is 2. The van der Waals surface area contributed by atoms with Crippen molar-refractivity contribution in [3.8, 4) is 17.3 Å². The zero-order chi connectivity index (χ0) is 11.9. The number of rotatable bonds is 1. The second-order valence-electron chi connectivity index (χ2n) is 3.51. The van der Waals surface area contributed by atoms with E-state index in [1.807, 2.05) is 0 Å². The fraction of sp³-hybridized carbons (Fsp3) is 0.200. The first kappa shape index (κ1) is 10.8. The number of pyridine rings is 1. The Morgan fingerprint density at radius 3 is 2.75 bits per heavy atom. The molecular formula is C10H10ClN3O2. The Labute approximate surface area is 96.7 Å². The Hall–Kier alpha value is -1.75. The van der Waals surface area contributed by atoms with E-state index in [0.717, 1.165) is 0 Å². The van der Waals surface area contributed by atoms with E-state index >= 15 is 0 Å². The normalized spacial score (nSPS) is 10.7. The summed E-state index contributed by atoms with van der Waals surface area (Å²) in [5.74, 6) is 0.269. The van der Waals surface area contributed by atoms with Crippen molar-refractivity contribution in [1.29, 1.82) is 0 Å². The molecule has 0 aliphatic rings. The Morgan fingerprint density at radius 2 is 2.19 bits per heavy atom. The van der Waals surface area contributed by atoms with Gasteiger partial charge in [-0.3, -0.25) is 4.79 Å². The Balaban J connectivity index is 2.81. The largest absolute Gasteiger partial charge is 0.493 e. The van der Waals surface area contributed by atoms with Crippen molar-refractivity contribution in [2.45, 2.75) is 6.92 Å². The quantitative estimate of drug-likeness (QED) is 0.815. The first-order valence-corrected chi connectivity index (χ1v) is 4.95. The van der Waals surface area contributed by atoms with E-state index < -0.39 is 5.56 Å². The second-order valence-corrected chi connectivity index (χ2v) is 3.84. The highest BCUT2D eigenvalue weighted by molar-refractivity contribution is 6.16. The lowest BCUT2D eigenvalue weighted by Gasteiger charge is -2.09. The van der Waals surface area contributed by atoms with Crippen molar-refractivity contribution in [3.05, 3.63) is 34.4 Å². The third kappa shape index (κ3) is 1.49. The van der Waals surface area contributed by atoms with Crippen LogP contribution in [0.3, 0.4) is 0 Å². The van der Waals surface area contributed by atoms with Crippen molar-refractivity contribution >= 4 is 11.8 Å². The number of imidazole rings is 1. The van der Waals surface area contributed by atoms with Crippen molar-refractivity contribution in [1.82, 2.24) is 13.6 Å². The van der Waals surface area contributed by atoms with E-state index in [2.05, 4.69) is 4.98 Å². The fourth-order valence-electron chi connectivity index (χ4n) is 1.58. The standard InChI is InChI=1S/C10H10ClN3O2/c1-6-5-7(15)14(11)10(16)8(6)9-12-3-4-13(9)2/h3-5,16H,1-2H3. The van der Waals surface area contributed by atoms with Gasteiger partial charge in [-0.1, -0.05) is 0 Å². The second kappa shape index (κ2) is 3.68. The SMILES string of the molecule is Cc1cc(=O)n(Cl)c(O)c1-c1nccn1C. The Morgan fingerprint density at radius 1 is 1.50 bits per heavy atom. The Bertz CT molecular complexity index is 601. The van der Waals surface area contributed by atoms with Crippen LogP contribution in [0.2, 0.25) is 0 Å². The molecular weight excluding hydrogens is 230 g/mol. The van der Waals surface area contributed by atoms with Gasteiger partial charge in [0.25, 0.3) is 5.56 Å². The predicted molar refractivity (Wildman–Crippen MR) is 60.6 cm³/mol. The fourth-order valence-corrected chi connectivity index (χ4v) is 1.71. The molecule has 0 spiro atoms. The van der Waals surface area contributed by atoms with Gasteiger partial charge in [0.1, 0.15) is 5.82 Å². The molecule has 2 aromatic heterocycles. The minimum absolute atomic E-state index is 0.291. The van der Waals surface area contributed by atoms with Crippen molar-refractivity contribution in [2.75, 3.05) is 0 Å². The molecule has 0 unspecified atom stereocenters. The molecule has 5 nitrogen and oxygen atoms in total. The minimum atomic E-state index is -0.463. The highest BCUT2D eigenvalue weighted by Gasteiger charge is 2.16. The van der Waals surface area contributed by atoms with Crippen molar-refractivity contribution in [2.24, 2.45) is 7.05 Å². The number of aromatic hydroxyl groups is 1. The number of aromatic nitrogens is 3. The van der Waals surface area contributed by atoms with Gasteiger partial charge in [0.05, 0.1) is 5.56 Å². The van der Waals surface area contributed by atoms with Gasteiger partial charge in [0, 0.05) is 37.3 Å². The van der Waals surface area contributed by atoms with E-state index in [-0.39, 0.29) is 5.88 Å². The highest BCUT2D eigenvalue weighted by atomic mass is 35.5. The molecule has 0 aromatic carbocycles. The molecule has 0 aliphatic carbocycles. The average Bonchev–Trinajstić information content (AvgIpc) is 2.62. The van der Waals surface area contributed by atoms with E-state index in [9.17, 15) is 9.90 Å². The highest BCUT2D eigenvalue weighted by Crippen LogP contribution is 2.29. The number of hydrogen-bond acceptors (Lipinski definition) is 3. The van der Waals surface area contributed by atoms with Crippen LogP contribution in [0.1, 0.15) is 5.56 Å². The van der Waals surface area contributed by atoms with Gasteiger partial charge in [-0.15, -0.1) is 0 Å². The van der Waals surface area contributed by atoms with Crippen LogP contribution in [-0.4, -0.2) is 18.7 Å². The number of hydrogen-bond donors (Lipinski definition) is 1. The van der Waals surface area contributed by atoms with Gasteiger partial charge >= 0.3 is 0 Å². The van der Waals surface area contributed by atoms with Crippen LogP contribution in [0.4, 0.5) is 0 Å². The molecule has 0 fully saturated rings. The summed E-state index contributed by atoms with van der Waals surface area (Å²) in [6, 6.07) is 1.36. The molecule has 2 aromatic rings. The summed E-state index contributed by atoms with van der Waals surface area (Å²) in [5.41, 5.74) is 0.630. The molecule has 0 saturated carbocycles. The monoisotopic (exact) mass is 239 g/mol. The third-order valence-electron chi connectivity index (χ3n) is 2.38. The Kier molecular flexibility index (Phi) is 2.47. The average molecular weight is 240 g/mol. The van der Waals surface area contributed by atoms with E-state index in [1.165, 1.54) is 6.07 Å². The maximum absolute atomic E-state index is 11.3. The van der Waals surface area contributed by atoms with Gasteiger partial charge < -0.3 is 9.67 Å². The van der Waals surface area contributed by atoms with Crippen LogP contribution in [0.15, 0.2) is 23.3 Å². The maximum atomic E-state index is 11.3. The van der Waals surface area contributed by atoms with Gasteiger partial charge in [-0.2, -0.15) is 4.09 Å². The summed E-state index contributed by atoms with van der Waals surface area (Å²) in [5, 5.41) is 9.83. The first-order valence-electron chi connectivity index (χ1n) is 4.62. The van der Waals surface area contributed by atoms with Gasteiger partial charge in [-0.25, -0.2) is 4.98 Å². The summed E-state index contributed by atoms with van der Waals surface area (Å²) in [6.07, 6.45) is 3.36. The zero-order valence-electron chi connectivity index (χ0n) is 8.81. The maximum Gasteiger partial charge on any atom is 0.268 e. The molecule has 6 heteroatoms. The molecule has 0 bridgehead atoms. The van der Waals surface area contributed by atoms with Crippen LogP contribution in [0.25, 0.3) is 11.4 Å². The van der Waals surface area contributed by atoms with Crippen molar-refractivity contribution < 1.29 is 5.11 Å². The van der Waals surface area contributed by atoms with E-state index in [4.69, 9.17) is 11.8 Å². The van der Waals surface area contributed by atoms with E-state index in [1.54, 1.807) is 30.9 Å². The summed E-state index contributed by atoms with van der Waals surface area (Å²) < 4.78 is 2.42. The molecule has 2 heterocycles. The predicted octanol–water partition coefficient (Wildman–Crippen LogP) is 1.26. The number of nitrogens with zero attached hydrogens (tertiary/aromatic N) is 3. The smallest absolute Gasteiger partial charge is 0.268 e. The minimum Gasteiger partial charge on any atom is -0.493 e. The third-order valence-corrected chi connectivity index (χ3v) is 2.71. The zero-order valence-corrected chi connectivity index (χ0v) is 9.56. The lowest BCUT2D eigenvalue weighted by Crippen LogP contribution is -2.13. The van der Waals surface area contributed by atoms with Crippen LogP contribution >= 0.6 is 11.8 Å². The lowest BCUT2D eigenvalue weighted by atomic mass is 10.1. The lowest BCUT2D eigenvalue weighted by molar-refractivity contribution is 0.445. The molecule has 0 aliphatic heterocycles. The summed E-state index contributed by atoms with van der Waals surface area (Å²) in [4.78, 5) is 15.4. The number of halogens is 1. The van der Waals surface area contributed by atoms with Gasteiger partial charge in [0.2, 0.25) is 5.88 Å². The van der Waals surface area contributed by atoms with Gasteiger partial charge in [0.15, 0.2) is 0 Å².